The lowest BCUT2D eigenvalue weighted by Crippen LogP contribution is -2.38. The van der Waals surface area contributed by atoms with Crippen LogP contribution in [0.25, 0.3) is 0 Å². The maximum atomic E-state index is 13.0. The fraction of sp³-hybridized carbons (Fsp3) is 0.400. The number of pyridine rings is 1. The molecular formula is C20H23FN2O2. The van der Waals surface area contributed by atoms with Crippen LogP contribution in [0.3, 0.4) is 0 Å². The molecule has 1 saturated carbocycles. The highest BCUT2D eigenvalue weighted by Crippen LogP contribution is 2.29. The van der Waals surface area contributed by atoms with Gasteiger partial charge in [-0.3, -0.25) is 9.59 Å². The molecule has 1 aromatic carbocycles. The van der Waals surface area contributed by atoms with E-state index in [1.54, 1.807) is 18.2 Å². The van der Waals surface area contributed by atoms with Crippen molar-refractivity contribution in [2.75, 3.05) is 0 Å². The van der Waals surface area contributed by atoms with E-state index >= 15 is 0 Å². The van der Waals surface area contributed by atoms with Crippen molar-refractivity contribution >= 4 is 5.91 Å². The predicted octanol–water partition coefficient (Wildman–Crippen LogP) is 3.22. The molecule has 0 spiro atoms. The van der Waals surface area contributed by atoms with Crippen molar-refractivity contribution in [2.45, 2.75) is 45.1 Å². The van der Waals surface area contributed by atoms with Gasteiger partial charge in [0, 0.05) is 23.4 Å². The quantitative estimate of drug-likeness (QED) is 0.876. The number of aryl methyl sites for hydroxylation is 1. The summed E-state index contributed by atoms with van der Waals surface area (Å²) >= 11 is 0. The predicted molar refractivity (Wildman–Crippen MR) is 95.1 cm³/mol. The summed E-state index contributed by atoms with van der Waals surface area (Å²) in [6.07, 6.45) is 4.53. The molecule has 1 fully saturated rings. The zero-order valence-electron chi connectivity index (χ0n) is 14.3. The molecule has 0 aliphatic heterocycles. The lowest BCUT2D eigenvalue weighted by molar-refractivity contribution is 0.0927. The van der Waals surface area contributed by atoms with Crippen molar-refractivity contribution in [3.05, 3.63) is 69.4 Å². The Bertz CT molecular complexity index is 798. The third kappa shape index (κ3) is 4.35. The Morgan fingerprint density at radius 2 is 2.00 bits per heavy atom. The molecule has 25 heavy (non-hydrogen) atoms. The van der Waals surface area contributed by atoms with Gasteiger partial charge in [-0.25, -0.2) is 4.39 Å². The summed E-state index contributed by atoms with van der Waals surface area (Å²) in [5.74, 6) is -0.0973. The van der Waals surface area contributed by atoms with Gasteiger partial charge in [-0.1, -0.05) is 25.5 Å². The van der Waals surface area contributed by atoms with Gasteiger partial charge < -0.3 is 10.3 Å². The third-order valence-corrected chi connectivity index (χ3v) is 4.93. The van der Waals surface area contributed by atoms with E-state index in [0.717, 1.165) is 36.9 Å². The minimum absolute atomic E-state index is 0.0851. The van der Waals surface area contributed by atoms with Crippen molar-refractivity contribution < 1.29 is 9.18 Å². The average molecular weight is 342 g/mol. The minimum atomic E-state index is -0.251. The van der Waals surface area contributed by atoms with Crippen LogP contribution in [0.1, 0.15) is 47.8 Å². The monoisotopic (exact) mass is 342 g/mol. The maximum absolute atomic E-state index is 13.0. The van der Waals surface area contributed by atoms with Crippen LogP contribution in [0, 0.1) is 11.7 Å². The number of aromatic nitrogens is 1. The average Bonchev–Trinajstić information content (AvgIpc) is 3.03. The molecule has 0 saturated heterocycles. The zero-order valence-corrected chi connectivity index (χ0v) is 14.3. The Morgan fingerprint density at radius 1 is 1.24 bits per heavy atom. The van der Waals surface area contributed by atoms with Crippen LogP contribution in [-0.4, -0.2) is 16.9 Å². The molecular weight excluding hydrogens is 319 g/mol. The van der Waals surface area contributed by atoms with Crippen LogP contribution in [0.2, 0.25) is 0 Å². The Morgan fingerprint density at radius 3 is 2.72 bits per heavy atom. The zero-order chi connectivity index (χ0) is 17.8. The summed E-state index contributed by atoms with van der Waals surface area (Å²) in [5, 5.41) is 3.09. The van der Waals surface area contributed by atoms with E-state index in [1.807, 2.05) is 6.92 Å². The first-order chi connectivity index (χ1) is 12.0. The first-order valence-corrected chi connectivity index (χ1v) is 8.83. The molecule has 0 radical (unpaired) electrons. The van der Waals surface area contributed by atoms with Crippen molar-refractivity contribution in [2.24, 2.45) is 5.92 Å². The molecule has 2 atom stereocenters. The third-order valence-electron chi connectivity index (χ3n) is 4.93. The summed E-state index contributed by atoms with van der Waals surface area (Å²) in [5.41, 5.74) is 2.00. The van der Waals surface area contributed by atoms with Crippen LogP contribution in [-0.2, 0) is 12.8 Å². The van der Waals surface area contributed by atoms with Gasteiger partial charge in [0.15, 0.2) is 0 Å². The molecule has 1 heterocycles. The lowest BCUT2D eigenvalue weighted by Gasteiger charge is -2.21. The number of rotatable bonds is 5. The highest BCUT2D eigenvalue weighted by molar-refractivity contribution is 5.94. The molecule has 2 aromatic rings. The molecule has 0 unspecified atom stereocenters. The van der Waals surface area contributed by atoms with Crippen molar-refractivity contribution in [3.63, 3.8) is 0 Å². The molecule has 1 aliphatic carbocycles. The number of carbonyl (C=O) groups excluding carboxylic acids is 1. The molecule has 1 aromatic heterocycles. The summed E-state index contributed by atoms with van der Waals surface area (Å²) in [4.78, 5) is 27.0. The second-order valence-electron chi connectivity index (χ2n) is 6.71. The highest BCUT2D eigenvalue weighted by Gasteiger charge is 2.29. The van der Waals surface area contributed by atoms with Gasteiger partial charge in [0.25, 0.3) is 5.91 Å². The molecule has 4 nitrogen and oxygen atoms in total. The highest BCUT2D eigenvalue weighted by atomic mass is 19.1. The van der Waals surface area contributed by atoms with Crippen molar-refractivity contribution in [1.29, 1.82) is 0 Å². The molecule has 1 amide bonds. The molecule has 0 bridgehead atoms. The number of hydrogen-bond donors (Lipinski definition) is 2. The number of halogens is 1. The number of aromatic amines is 1. The first kappa shape index (κ1) is 17.4. The van der Waals surface area contributed by atoms with Crippen LogP contribution in [0.5, 0.6) is 0 Å². The number of nitrogens with one attached hydrogen (secondary N) is 2. The molecule has 5 heteroatoms. The van der Waals surface area contributed by atoms with Gasteiger partial charge >= 0.3 is 0 Å². The van der Waals surface area contributed by atoms with E-state index in [-0.39, 0.29) is 23.3 Å². The number of H-pyrrole nitrogens is 1. The Hall–Kier alpha value is -2.43. The fourth-order valence-corrected chi connectivity index (χ4v) is 3.57. The summed E-state index contributed by atoms with van der Waals surface area (Å²) < 4.78 is 13.0. The van der Waals surface area contributed by atoms with E-state index < -0.39 is 0 Å². The second-order valence-corrected chi connectivity index (χ2v) is 6.71. The molecule has 3 rings (SSSR count). The standard InChI is InChI=1S/C20H23FN2O2/c1-2-17-11-15(12-19(24)22-17)20(25)23-18-5-3-4-14(18)10-13-6-8-16(21)9-7-13/h6-9,11-12,14,18H,2-5,10H2,1H3,(H,22,24)(H,23,25)/t14-,18-/m0/s1. The lowest BCUT2D eigenvalue weighted by atomic mass is 9.94. The molecule has 132 valence electrons. The molecule has 2 N–H and O–H groups in total. The summed E-state index contributed by atoms with van der Waals surface area (Å²) in [7, 11) is 0. The van der Waals surface area contributed by atoms with Gasteiger partial charge in [0.2, 0.25) is 5.56 Å². The van der Waals surface area contributed by atoms with Gasteiger partial charge in [0.05, 0.1) is 0 Å². The summed E-state index contributed by atoms with van der Waals surface area (Å²) in [6, 6.07) is 9.72. The van der Waals surface area contributed by atoms with Crippen LogP contribution in [0.4, 0.5) is 4.39 Å². The van der Waals surface area contributed by atoms with Gasteiger partial charge in [-0.15, -0.1) is 0 Å². The van der Waals surface area contributed by atoms with Crippen LogP contribution < -0.4 is 10.9 Å². The van der Waals surface area contributed by atoms with E-state index in [4.69, 9.17) is 0 Å². The number of benzene rings is 1. The fourth-order valence-electron chi connectivity index (χ4n) is 3.57. The normalized spacial score (nSPS) is 19.8. The van der Waals surface area contributed by atoms with Crippen LogP contribution in [0.15, 0.2) is 41.2 Å². The SMILES string of the molecule is CCc1cc(C(=O)N[C@H]2CCC[C@H]2Cc2ccc(F)cc2)cc(=O)[nH]1. The van der Waals surface area contributed by atoms with Gasteiger partial charge in [-0.05, 0) is 55.4 Å². The van der Waals surface area contributed by atoms with E-state index in [0.29, 0.717) is 17.9 Å². The number of amides is 1. The number of carbonyl (C=O) groups is 1. The van der Waals surface area contributed by atoms with Gasteiger partial charge in [-0.2, -0.15) is 0 Å². The Labute approximate surface area is 146 Å². The van der Waals surface area contributed by atoms with Crippen molar-refractivity contribution in [3.8, 4) is 0 Å². The minimum Gasteiger partial charge on any atom is -0.349 e. The van der Waals surface area contributed by atoms with E-state index in [1.165, 1.54) is 18.2 Å². The van der Waals surface area contributed by atoms with E-state index in [2.05, 4.69) is 10.3 Å². The van der Waals surface area contributed by atoms with E-state index in [9.17, 15) is 14.0 Å². The smallest absolute Gasteiger partial charge is 0.251 e. The summed E-state index contributed by atoms with van der Waals surface area (Å²) in [6.45, 7) is 1.93. The Kier molecular flexibility index (Phi) is 5.31. The topological polar surface area (TPSA) is 62.0 Å². The van der Waals surface area contributed by atoms with Gasteiger partial charge in [0.1, 0.15) is 5.82 Å². The first-order valence-electron chi connectivity index (χ1n) is 8.83. The molecule has 1 aliphatic rings. The van der Waals surface area contributed by atoms with Crippen LogP contribution >= 0.6 is 0 Å². The largest absolute Gasteiger partial charge is 0.349 e. The van der Waals surface area contributed by atoms with Crippen molar-refractivity contribution in [1.82, 2.24) is 10.3 Å². The maximum Gasteiger partial charge on any atom is 0.251 e. The Balaban J connectivity index is 1.68. The second kappa shape index (κ2) is 7.64. The number of hydrogen-bond acceptors (Lipinski definition) is 2.